The number of hydrogen-bond acceptors (Lipinski definition) is 6. The van der Waals surface area contributed by atoms with Crippen LogP contribution in [-0.2, 0) is 16.1 Å². The zero-order valence-corrected chi connectivity index (χ0v) is 15.5. The predicted molar refractivity (Wildman–Crippen MR) is 96.2 cm³/mol. The molecule has 2 unspecified atom stereocenters. The maximum absolute atomic E-state index is 13.5. The van der Waals surface area contributed by atoms with Crippen molar-refractivity contribution in [2.75, 3.05) is 13.1 Å². The van der Waals surface area contributed by atoms with Gasteiger partial charge in [0.15, 0.2) is 0 Å². The number of amides is 4. The molecule has 3 aliphatic rings. The Kier molecular flexibility index (Phi) is 4.91. The fourth-order valence-electron chi connectivity index (χ4n) is 3.97. The largest absolute Gasteiger partial charge is 0.310 e. The monoisotopic (exact) mass is 406 g/mol. The molecule has 154 valence electrons. The fourth-order valence-corrected chi connectivity index (χ4v) is 3.97. The second kappa shape index (κ2) is 7.27. The molecular weight excluding hydrogens is 386 g/mol. The highest BCUT2D eigenvalue weighted by molar-refractivity contribution is 6.23. The number of alkyl halides is 2. The van der Waals surface area contributed by atoms with Crippen molar-refractivity contribution in [3.63, 3.8) is 0 Å². The van der Waals surface area contributed by atoms with Crippen LogP contribution in [0.25, 0.3) is 0 Å². The van der Waals surface area contributed by atoms with E-state index in [1.165, 1.54) is 6.07 Å². The predicted octanol–water partition coefficient (Wildman–Crippen LogP) is 0.175. The van der Waals surface area contributed by atoms with Crippen LogP contribution in [-0.4, -0.2) is 59.6 Å². The molecule has 3 heterocycles. The summed E-state index contributed by atoms with van der Waals surface area (Å²) in [7, 11) is 0. The molecular formula is C19H20F2N4O4. The molecule has 2 atom stereocenters. The summed E-state index contributed by atoms with van der Waals surface area (Å²) in [6, 6.07) is 3.27. The Morgan fingerprint density at radius 2 is 1.90 bits per heavy atom. The summed E-state index contributed by atoms with van der Waals surface area (Å²) in [6.07, 6.45) is -0.127. The van der Waals surface area contributed by atoms with Gasteiger partial charge < -0.3 is 10.6 Å². The lowest BCUT2D eigenvalue weighted by Gasteiger charge is -2.30. The second-order valence-electron chi connectivity index (χ2n) is 7.60. The van der Waals surface area contributed by atoms with Crippen LogP contribution in [0, 0.1) is 0 Å². The molecule has 4 amide bonds. The molecule has 29 heavy (non-hydrogen) atoms. The highest BCUT2D eigenvalue weighted by Crippen LogP contribution is 2.28. The van der Waals surface area contributed by atoms with E-state index in [9.17, 15) is 28.0 Å². The summed E-state index contributed by atoms with van der Waals surface area (Å²) in [5.74, 6) is -5.02. The van der Waals surface area contributed by atoms with E-state index in [0.29, 0.717) is 12.1 Å². The van der Waals surface area contributed by atoms with E-state index in [4.69, 9.17) is 0 Å². The Morgan fingerprint density at radius 3 is 2.62 bits per heavy atom. The smallest absolute Gasteiger partial charge is 0.262 e. The van der Waals surface area contributed by atoms with Crippen molar-refractivity contribution >= 4 is 23.6 Å². The maximum Gasteiger partial charge on any atom is 0.262 e. The number of carbonyl (C=O) groups excluding carboxylic acids is 4. The maximum atomic E-state index is 13.5. The Bertz CT molecular complexity index is 904. The third-order valence-corrected chi connectivity index (χ3v) is 5.42. The molecule has 3 aliphatic heterocycles. The van der Waals surface area contributed by atoms with Gasteiger partial charge in [-0.2, -0.15) is 0 Å². The topological polar surface area (TPSA) is 108 Å². The fraction of sp³-hybridized carbons (Fsp3) is 0.474. The van der Waals surface area contributed by atoms with Crippen LogP contribution >= 0.6 is 0 Å². The average molecular weight is 406 g/mol. The van der Waals surface area contributed by atoms with Gasteiger partial charge in [0, 0.05) is 32.0 Å². The van der Waals surface area contributed by atoms with Crippen LogP contribution < -0.4 is 16.0 Å². The van der Waals surface area contributed by atoms with E-state index in [1.807, 2.05) is 0 Å². The van der Waals surface area contributed by atoms with Crippen LogP contribution in [0.1, 0.15) is 45.5 Å². The molecule has 1 aromatic carbocycles. The lowest BCUT2D eigenvalue weighted by Crippen LogP contribution is -2.54. The first-order chi connectivity index (χ1) is 13.7. The van der Waals surface area contributed by atoms with Gasteiger partial charge in [-0.25, -0.2) is 8.78 Å². The lowest BCUT2D eigenvalue weighted by molar-refractivity contribution is -0.136. The summed E-state index contributed by atoms with van der Waals surface area (Å²) in [5, 5.41) is 7.88. The van der Waals surface area contributed by atoms with Crippen molar-refractivity contribution in [1.82, 2.24) is 20.9 Å². The Labute approximate surface area is 165 Å². The molecule has 2 fully saturated rings. The zero-order chi connectivity index (χ0) is 20.8. The van der Waals surface area contributed by atoms with Gasteiger partial charge in [-0.1, -0.05) is 6.07 Å². The lowest BCUT2D eigenvalue weighted by atomic mass is 10.0. The quantitative estimate of drug-likeness (QED) is 0.616. The van der Waals surface area contributed by atoms with Gasteiger partial charge in [-0.05, 0) is 24.1 Å². The number of benzene rings is 1. The Hall–Kier alpha value is -2.72. The van der Waals surface area contributed by atoms with Crippen LogP contribution in [0.3, 0.4) is 0 Å². The van der Waals surface area contributed by atoms with Gasteiger partial charge in [0.1, 0.15) is 6.04 Å². The molecule has 0 bridgehead atoms. The second-order valence-corrected chi connectivity index (χ2v) is 7.60. The summed E-state index contributed by atoms with van der Waals surface area (Å²) >= 11 is 0. The van der Waals surface area contributed by atoms with Crippen molar-refractivity contribution in [1.29, 1.82) is 0 Å². The van der Waals surface area contributed by atoms with Crippen LogP contribution in [0.5, 0.6) is 0 Å². The minimum Gasteiger partial charge on any atom is -0.310 e. The van der Waals surface area contributed by atoms with Crippen molar-refractivity contribution in [2.45, 2.75) is 43.8 Å². The highest BCUT2D eigenvalue weighted by atomic mass is 19.3. The number of hydrogen-bond donors (Lipinski definition) is 3. The van der Waals surface area contributed by atoms with Gasteiger partial charge >= 0.3 is 0 Å². The normalized spacial score (nSPS) is 26.5. The number of fused-ring (bicyclic) bond motifs is 1. The van der Waals surface area contributed by atoms with Gasteiger partial charge in [0.05, 0.1) is 17.7 Å². The van der Waals surface area contributed by atoms with E-state index in [-0.39, 0.29) is 43.5 Å². The van der Waals surface area contributed by atoms with E-state index in [0.717, 1.165) is 4.90 Å². The number of piperidine rings is 2. The number of carbonyl (C=O) groups is 4. The molecule has 0 radical (unpaired) electrons. The molecule has 4 rings (SSSR count). The number of imide groups is 2. The minimum atomic E-state index is -2.77. The van der Waals surface area contributed by atoms with Crippen molar-refractivity contribution in [3.05, 3.63) is 34.9 Å². The molecule has 2 saturated heterocycles. The molecule has 0 saturated carbocycles. The third-order valence-electron chi connectivity index (χ3n) is 5.42. The molecule has 0 aliphatic carbocycles. The number of nitrogens with one attached hydrogen (secondary N) is 3. The first-order valence-corrected chi connectivity index (χ1v) is 9.41. The van der Waals surface area contributed by atoms with Crippen LogP contribution in [0.15, 0.2) is 18.2 Å². The zero-order valence-electron chi connectivity index (χ0n) is 15.5. The van der Waals surface area contributed by atoms with Crippen molar-refractivity contribution in [2.24, 2.45) is 0 Å². The molecule has 1 aromatic rings. The van der Waals surface area contributed by atoms with Crippen molar-refractivity contribution < 1.29 is 28.0 Å². The Morgan fingerprint density at radius 1 is 1.14 bits per heavy atom. The number of halogens is 2. The van der Waals surface area contributed by atoms with E-state index in [2.05, 4.69) is 16.0 Å². The van der Waals surface area contributed by atoms with Crippen LogP contribution in [0.4, 0.5) is 8.78 Å². The molecule has 8 nitrogen and oxygen atoms in total. The van der Waals surface area contributed by atoms with Gasteiger partial charge in [-0.3, -0.25) is 29.4 Å². The highest BCUT2D eigenvalue weighted by Gasteiger charge is 2.44. The van der Waals surface area contributed by atoms with E-state index >= 15 is 0 Å². The first-order valence-electron chi connectivity index (χ1n) is 9.41. The average Bonchev–Trinajstić information content (AvgIpc) is 2.90. The Balaban J connectivity index is 1.47. The molecule has 0 aromatic heterocycles. The molecule has 3 N–H and O–H groups in total. The van der Waals surface area contributed by atoms with E-state index in [1.54, 1.807) is 12.1 Å². The first kappa shape index (κ1) is 19.6. The standard InChI is InChI=1S/C19H20F2N4O4/c20-19(21)6-11(8-22-9-19)23-7-10-1-2-12-13(5-10)18(29)25(17(12)28)14-3-4-15(26)24-16(14)27/h1-2,5,11,14,22-23H,3-4,6-9H2,(H,24,26,27). The van der Waals surface area contributed by atoms with Gasteiger partial charge in [0.2, 0.25) is 11.8 Å². The summed E-state index contributed by atoms with van der Waals surface area (Å²) in [5.41, 5.74) is 1.03. The van der Waals surface area contributed by atoms with Gasteiger partial charge in [0.25, 0.3) is 17.7 Å². The van der Waals surface area contributed by atoms with E-state index < -0.39 is 41.6 Å². The van der Waals surface area contributed by atoms with Crippen LogP contribution in [0.2, 0.25) is 0 Å². The van der Waals surface area contributed by atoms with Gasteiger partial charge in [-0.15, -0.1) is 0 Å². The number of rotatable bonds is 4. The molecule has 10 heteroatoms. The summed E-state index contributed by atoms with van der Waals surface area (Å²) < 4.78 is 27.0. The SMILES string of the molecule is O=C1CCC(N2C(=O)c3ccc(CNC4CNCC(F)(F)C4)cc3C2=O)C(=O)N1. The molecule has 0 spiro atoms. The minimum absolute atomic E-state index is 0.0546. The van der Waals surface area contributed by atoms with Crippen molar-refractivity contribution in [3.8, 4) is 0 Å². The summed E-state index contributed by atoms with van der Waals surface area (Å²) in [6.45, 7) is 0.341. The third kappa shape index (κ3) is 3.77. The number of nitrogens with zero attached hydrogens (tertiary/aromatic N) is 1. The summed E-state index contributed by atoms with van der Waals surface area (Å²) in [4.78, 5) is 49.7.